The van der Waals surface area contributed by atoms with E-state index in [4.69, 9.17) is 46.4 Å². The molecule has 0 atom stereocenters. The molecule has 0 saturated carbocycles. The first-order chi connectivity index (χ1) is 11.0. The number of carbonyl (C=O) groups excluding carboxylic acids is 1. The highest BCUT2D eigenvalue weighted by molar-refractivity contribution is 6.67. The quantitative estimate of drug-likeness (QED) is 0.575. The maximum Gasteiger partial charge on any atom is 0.291 e. The molecule has 0 aliphatic heterocycles. The molecule has 0 N–H and O–H groups in total. The molecule has 0 spiro atoms. The molecule has 116 valence electrons. The third-order valence-electron chi connectivity index (χ3n) is 3.04. The number of carbonyl (C=O) groups is 1. The molecule has 2 aromatic carbocycles. The number of nitrogens with zero attached hydrogens (tertiary/aromatic N) is 3. The van der Waals surface area contributed by atoms with Crippen molar-refractivity contribution < 1.29 is 4.79 Å². The minimum absolute atomic E-state index is 0.146. The summed E-state index contributed by atoms with van der Waals surface area (Å²) in [6.07, 6.45) is 0. The van der Waals surface area contributed by atoms with Crippen LogP contribution in [0.2, 0.25) is 15.1 Å². The van der Waals surface area contributed by atoms with Gasteiger partial charge in [0.2, 0.25) is 5.82 Å². The van der Waals surface area contributed by atoms with Gasteiger partial charge < -0.3 is 0 Å². The first-order valence-corrected chi connectivity index (χ1v) is 7.86. The van der Waals surface area contributed by atoms with E-state index in [1.54, 1.807) is 42.5 Å². The van der Waals surface area contributed by atoms with Gasteiger partial charge in [0, 0.05) is 10.6 Å². The second kappa shape index (κ2) is 6.49. The smallest absolute Gasteiger partial charge is 0.272 e. The Morgan fingerprint density at radius 1 is 1.00 bits per heavy atom. The molecule has 0 bridgehead atoms. The topological polar surface area (TPSA) is 47.8 Å². The van der Waals surface area contributed by atoms with E-state index in [9.17, 15) is 4.79 Å². The van der Waals surface area contributed by atoms with Crippen molar-refractivity contribution in [1.82, 2.24) is 14.8 Å². The molecule has 1 heterocycles. The molecule has 4 nitrogen and oxygen atoms in total. The lowest BCUT2D eigenvalue weighted by molar-refractivity contribution is 0.107. The lowest BCUT2D eigenvalue weighted by Crippen LogP contribution is -2.01. The molecule has 0 unspecified atom stereocenters. The van der Waals surface area contributed by atoms with E-state index in [0.717, 1.165) is 0 Å². The summed E-state index contributed by atoms with van der Waals surface area (Å²) in [7, 11) is 0. The van der Waals surface area contributed by atoms with Crippen LogP contribution in [0.1, 0.15) is 10.6 Å². The van der Waals surface area contributed by atoms with Crippen LogP contribution in [0.5, 0.6) is 0 Å². The molecule has 0 fully saturated rings. The van der Waals surface area contributed by atoms with Crippen LogP contribution in [0.3, 0.4) is 0 Å². The van der Waals surface area contributed by atoms with E-state index >= 15 is 0 Å². The van der Waals surface area contributed by atoms with E-state index in [2.05, 4.69) is 10.1 Å². The summed E-state index contributed by atoms with van der Waals surface area (Å²) in [4.78, 5) is 15.6. The van der Waals surface area contributed by atoms with Crippen molar-refractivity contribution in [2.24, 2.45) is 0 Å². The Kier molecular flexibility index (Phi) is 4.60. The average Bonchev–Trinajstić information content (AvgIpc) is 2.92. The van der Waals surface area contributed by atoms with E-state index in [-0.39, 0.29) is 5.82 Å². The van der Waals surface area contributed by atoms with E-state index in [1.165, 1.54) is 4.68 Å². The number of halogens is 4. The van der Waals surface area contributed by atoms with Gasteiger partial charge >= 0.3 is 0 Å². The van der Waals surface area contributed by atoms with Crippen LogP contribution in [0, 0.1) is 0 Å². The van der Waals surface area contributed by atoms with Crippen molar-refractivity contribution in [2.45, 2.75) is 0 Å². The summed E-state index contributed by atoms with van der Waals surface area (Å²) >= 11 is 23.9. The summed E-state index contributed by atoms with van der Waals surface area (Å²) in [6, 6.07) is 11.9. The summed E-state index contributed by atoms with van der Waals surface area (Å²) in [6.45, 7) is 0. The van der Waals surface area contributed by atoms with Crippen molar-refractivity contribution in [3.8, 4) is 17.1 Å². The first kappa shape index (κ1) is 16.3. The number of aromatic nitrogens is 3. The van der Waals surface area contributed by atoms with Gasteiger partial charge in [-0.2, -0.15) is 0 Å². The van der Waals surface area contributed by atoms with E-state index in [1.807, 2.05) is 0 Å². The minimum Gasteiger partial charge on any atom is -0.272 e. The van der Waals surface area contributed by atoms with Crippen LogP contribution < -0.4 is 0 Å². The van der Waals surface area contributed by atoms with Gasteiger partial charge in [0.15, 0.2) is 5.82 Å². The van der Waals surface area contributed by atoms with Crippen molar-refractivity contribution in [3.05, 3.63) is 63.4 Å². The molecule has 0 aliphatic rings. The molecule has 23 heavy (non-hydrogen) atoms. The third-order valence-corrected chi connectivity index (χ3v) is 4.07. The Labute approximate surface area is 151 Å². The predicted molar refractivity (Wildman–Crippen MR) is 92.0 cm³/mol. The number of benzene rings is 2. The zero-order valence-corrected chi connectivity index (χ0v) is 14.3. The van der Waals surface area contributed by atoms with Crippen LogP contribution in [0.4, 0.5) is 0 Å². The fourth-order valence-corrected chi connectivity index (χ4v) is 2.82. The fourth-order valence-electron chi connectivity index (χ4n) is 2.03. The molecule has 1 aromatic heterocycles. The summed E-state index contributed by atoms with van der Waals surface area (Å²) in [5.41, 5.74) is 1.10. The van der Waals surface area contributed by atoms with Gasteiger partial charge in [-0.15, -0.1) is 5.10 Å². The maximum atomic E-state index is 11.4. The largest absolute Gasteiger partial charge is 0.291 e. The van der Waals surface area contributed by atoms with Crippen LogP contribution >= 0.6 is 46.4 Å². The molecule has 3 rings (SSSR count). The van der Waals surface area contributed by atoms with Gasteiger partial charge in [-0.3, -0.25) is 4.79 Å². The molecule has 0 saturated heterocycles. The zero-order chi connectivity index (χ0) is 16.6. The number of hydrogen-bond donors (Lipinski definition) is 0. The maximum absolute atomic E-state index is 11.4. The minimum atomic E-state index is -0.776. The highest BCUT2D eigenvalue weighted by Gasteiger charge is 2.20. The zero-order valence-electron chi connectivity index (χ0n) is 11.3. The molecule has 0 amide bonds. The Hall–Kier alpha value is -1.59. The second-order valence-corrected chi connectivity index (χ2v) is 6.11. The monoisotopic (exact) mass is 385 g/mol. The first-order valence-electron chi connectivity index (χ1n) is 6.34. The standard InChI is InChI=1S/C15H7Cl4N3O/c16-8-5-6-9(11(18)7-8)15-20-14(13(19)23)21-22(15)12-4-2-1-3-10(12)17/h1-7H. The molecule has 8 heteroatoms. The highest BCUT2D eigenvalue weighted by atomic mass is 35.5. The normalized spacial score (nSPS) is 10.8. The van der Waals surface area contributed by atoms with Crippen molar-refractivity contribution in [2.75, 3.05) is 0 Å². The third kappa shape index (κ3) is 3.21. The lowest BCUT2D eigenvalue weighted by atomic mass is 10.2. The average molecular weight is 387 g/mol. The predicted octanol–water partition coefficient (Wildman–Crippen LogP) is 5.27. The van der Waals surface area contributed by atoms with Gasteiger partial charge in [-0.25, -0.2) is 9.67 Å². The van der Waals surface area contributed by atoms with Crippen LogP contribution in [0.25, 0.3) is 17.1 Å². The Morgan fingerprint density at radius 2 is 1.74 bits per heavy atom. The number of para-hydroxylation sites is 1. The Balaban J connectivity index is 2.28. The Bertz CT molecular complexity index is 907. The van der Waals surface area contributed by atoms with Gasteiger partial charge in [-0.1, -0.05) is 46.9 Å². The van der Waals surface area contributed by atoms with Crippen LogP contribution in [-0.2, 0) is 0 Å². The summed E-state index contributed by atoms with van der Waals surface area (Å²) in [5.74, 6) is 0.191. The molecule has 3 aromatic rings. The molecular weight excluding hydrogens is 380 g/mol. The second-order valence-electron chi connectivity index (χ2n) is 4.52. The number of rotatable bonds is 3. The van der Waals surface area contributed by atoms with Crippen LogP contribution in [0.15, 0.2) is 42.5 Å². The van der Waals surface area contributed by atoms with Crippen LogP contribution in [-0.4, -0.2) is 20.0 Å². The molecular formula is C15H7Cl4N3O. The molecule has 0 aliphatic carbocycles. The van der Waals surface area contributed by atoms with Crippen molar-refractivity contribution >= 4 is 51.6 Å². The van der Waals surface area contributed by atoms with Gasteiger partial charge in [0.25, 0.3) is 5.24 Å². The highest BCUT2D eigenvalue weighted by Crippen LogP contribution is 2.32. The van der Waals surface area contributed by atoms with Gasteiger partial charge in [0.1, 0.15) is 0 Å². The van der Waals surface area contributed by atoms with E-state index < -0.39 is 5.24 Å². The summed E-state index contributed by atoms with van der Waals surface area (Å²) < 4.78 is 1.42. The summed E-state index contributed by atoms with van der Waals surface area (Å²) in [5, 5.41) is 4.64. The van der Waals surface area contributed by atoms with E-state index in [0.29, 0.717) is 32.1 Å². The Morgan fingerprint density at radius 3 is 2.39 bits per heavy atom. The van der Waals surface area contributed by atoms with Crippen molar-refractivity contribution in [3.63, 3.8) is 0 Å². The number of hydrogen-bond acceptors (Lipinski definition) is 3. The van der Waals surface area contributed by atoms with Crippen molar-refractivity contribution in [1.29, 1.82) is 0 Å². The van der Waals surface area contributed by atoms with Gasteiger partial charge in [0.05, 0.1) is 15.7 Å². The SMILES string of the molecule is O=C(Cl)c1nc(-c2ccc(Cl)cc2Cl)n(-c2ccccc2Cl)n1. The fraction of sp³-hybridized carbons (Fsp3) is 0. The van der Waals surface area contributed by atoms with Gasteiger partial charge in [-0.05, 0) is 41.9 Å². The molecule has 0 radical (unpaired) electrons. The lowest BCUT2D eigenvalue weighted by Gasteiger charge is -2.09.